The molecule has 0 saturated carbocycles. The first-order chi connectivity index (χ1) is 10.2. The summed E-state index contributed by atoms with van der Waals surface area (Å²) >= 11 is 6.35. The largest absolute Gasteiger partial charge is 0.508 e. The maximum atomic E-state index is 9.36. The van der Waals surface area contributed by atoms with Crippen LogP contribution in [0.25, 0.3) is 0 Å². The number of hydrogen-bond donors (Lipinski definition) is 2. The lowest BCUT2D eigenvalue weighted by atomic mass is 9.94. The molecule has 2 nitrogen and oxygen atoms in total. The molecule has 0 bridgehead atoms. The summed E-state index contributed by atoms with van der Waals surface area (Å²) in [5.74, 6) is 0.296. The average Bonchev–Trinajstić information content (AvgIpc) is 2.52. The van der Waals surface area contributed by atoms with Gasteiger partial charge in [-0.25, -0.2) is 0 Å². The van der Waals surface area contributed by atoms with Gasteiger partial charge in [-0.15, -0.1) is 0 Å². The summed E-state index contributed by atoms with van der Waals surface area (Å²) in [5, 5.41) is 13.7. The van der Waals surface area contributed by atoms with Crippen molar-refractivity contribution < 1.29 is 5.11 Å². The zero-order valence-electron chi connectivity index (χ0n) is 12.0. The van der Waals surface area contributed by atoms with Crippen molar-refractivity contribution in [3.8, 4) is 5.75 Å². The topological polar surface area (TPSA) is 32.3 Å². The van der Waals surface area contributed by atoms with E-state index in [1.807, 2.05) is 18.2 Å². The Morgan fingerprint density at radius 1 is 1.10 bits per heavy atom. The van der Waals surface area contributed by atoms with Gasteiger partial charge in [-0.05, 0) is 60.7 Å². The van der Waals surface area contributed by atoms with Gasteiger partial charge in [0.25, 0.3) is 0 Å². The number of nitrogens with one attached hydrogen (secondary N) is 1. The molecule has 2 N–H and O–H groups in total. The van der Waals surface area contributed by atoms with Gasteiger partial charge in [-0.3, -0.25) is 0 Å². The van der Waals surface area contributed by atoms with Crippen LogP contribution in [0, 0.1) is 0 Å². The first kappa shape index (κ1) is 14.4. The molecule has 0 radical (unpaired) electrons. The molecule has 1 heterocycles. The summed E-state index contributed by atoms with van der Waals surface area (Å²) in [4.78, 5) is 0. The minimum Gasteiger partial charge on any atom is -0.508 e. The van der Waals surface area contributed by atoms with Gasteiger partial charge in [0, 0.05) is 11.1 Å². The van der Waals surface area contributed by atoms with Gasteiger partial charge in [0.15, 0.2) is 0 Å². The maximum Gasteiger partial charge on any atom is 0.115 e. The Balaban J connectivity index is 1.82. The highest BCUT2D eigenvalue weighted by Crippen LogP contribution is 2.28. The minimum atomic E-state index is 0.296. The molecule has 0 spiro atoms. The van der Waals surface area contributed by atoms with Crippen LogP contribution in [0.2, 0.25) is 5.02 Å². The number of halogens is 1. The van der Waals surface area contributed by atoms with Crippen molar-refractivity contribution in [2.24, 2.45) is 0 Å². The van der Waals surface area contributed by atoms with Crippen LogP contribution in [0.1, 0.15) is 42.0 Å². The molecule has 21 heavy (non-hydrogen) atoms. The van der Waals surface area contributed by atoms with E-state index in [2.05, 4.69) is 17.4 Å². The van der Waals surface area contributed by atoms with Gasteiger partial charge < -0.3 is 10.4 Å². The van der Waals surface area contributed by atoms with Crippen molar-refractivity contribution in [1.29, 1.82) is 0 Å². The Morgan fingerprint density at radius 2 is 1.90 bits per heavy atom. The van der Waals surface area contributed by atoms with Crippen molar-refractivity contribution in [2.45, 2.75) is 31.7 Å². The Hall–Kier alpha value is -1.51. The van der Waals surface area contributed by atoms with E-state index >= 15 is 0 Å². The molecular weight excluding hydrogens is 282 g/mol. The molecule has 0 aromatic heterocycles. The molecule has 1 atom stereocenters. The Bertz CT molecular complexity index is 603. The normalized spacial score (nSPS) is 18.6. The molecule has 2 aromatic rings. The van der Waals surface area contributed by atoms with E-state index in [1.165, 1.54) is 24.8 Å². The summed E-state index contributed by atoms with van der Waals surface area (Å²) < 4.78 is 0. The number of benzene rings is 2. The van der Waals surface area contributed by atoms with Crippen molar-refractivity contribution in [3.63, 3.8) is 0 Å². The van der Waals surface area contributed by atoms with Crippen LogP contribution < -0.4 is 5.32 Å². The van der Waals surface area contributed by atoms with Gasteiger partial charge in [0.2, 0.25) is 0 Å². The fourth-order valence-corrected chi connectivity index (χ4v) is 3.10. The number of rotatable bonds is 3. The standard InChI is InChI=1S/C18H20ClNO/c19-17-9-6-14(18-3-1-2-10-20-18)12-15(17)11-13-4-7-16(21)8-5-13/h4-9,12,18,20-21H,1-3,10-11H2. The molecule has 110 valence electrons. The highest BCUT2D eigenvalue weighted by atomic mass is 35.5. The van der Waals surface area contributed by atoms with Crippen molar-refractivity contribution in [2.75, 3.05) is 6.54 Å². The highest BCUT2D eigenvalue weighted by molar-refractivity contribution is 6.31. The lowest BCUT2D eigenvalue weighted by Crippen LogP contribution is -2.26. The van der Waals surface area contributed by atoms with Crippen LogP contribution in [0.5, 0.6) is 5.75 Å². The van der Waals surface area contributed by atoms with Gasteiger partial charge in [-0.2, -0.15) is 0 Å². The highest BCUT2D eigenvalue weighted by Gasteiger charge is 2.15. The average molecular weight is 302 g/mol. The second-order valence-electron chi connectivity index (χ2n) is 5.70. The molecule has 0 aliphatic carbocycles. The summed E-state index contributed by atoms with van der Waals surface area (Å²) in [6, 6.07) is 14.1. The summed E-state index contributed by atoms with van der Waals surface area (Å²) in [5.41, 5.74) is 3.63. The Labute approximate surface area is 130 Å². The van der Waals surface area contributed by atoms with E-state index in [0.29, 0.717) is 11.8 Å². The quantitative estimate of drug-likeness (QED) is 0.878. The number of piperidine rings is 1. The second kappa shape index (κ2) is 6.50. The predicted octanol–water partition coefficient (Wildman–Crippen LogP) is 4.45. The van der Waals surface area contributed by atoms with Crippen LogP contribution in [0.4, 0.5) is 0 Å². The summed E-state index contributed by atoms with van der Waals surface area (Å²) in [6.45, 7) is 1.10. The Kier molecular flexibility index (Phi) is 4.47. The van der Waals surface area contributed by atoms with Crippen LogP contribution in [0.3, 0.4) is 0 Å². The van der Waals surface area contributed by atoms with Crippen molar-refractivity contribution in [1.82, 2.24) is 5.32 Å². The molecule has 0 amide bonds. The molecule has 3 heteroatoms. The molecule has 1 unspecified atom stereocenters. The van der Waals surface area contributed by atoms with Crippen molar-refractivity contribution >= 4 is 11.6 Å². The SMILES string of the molecule is Oc1ccc(Cc2cc(C3CCCCN3)ccc2Cl)cc1. The number of phenols is 1. The lowest BCUT2D eigenvalue weighted by molar-refractivity contribution is 0.412. The molecule has 1 fully saturated rings. The van der Waals surface area contributed by atoms with E-state index in [0.717, 1.165) is 29.1 Å². The van der Waals surface area contributed by atoms with E-state index in [4.69, 9.17) is 11.6 Å². The van der Waals surface area contributed by atoms with Gasteiger partial charge in [-0.1, -0.05) is 42.3 Å². The minimum absolute atomic E-state index is 0.296. The molecular formula is C18H20ClNO. The Morgan fingerprint density at radius 3 is 2.62 bits per heavy atom. The first-order valence-electron chi connectivity index (χ1n) is 7.52. The summed E-state index contributed by atoms with van der Waals surface area (Å²) in [6.07, 6.45) is 4.54. The molecule has 1 saturated heterocycles. The number of phenolic OH excluding ortho intramolecular Hbond substituents is 1. The summed E-state index contributed by atoms with van der Waals surface area (Å²) in [7, 11) is 0. The van der Waals surface area contributed by atoms with Crippen LogP contribution in [0.15, 0.2) is 42.5 Å². The smallest absolute Gasteiger partial charge is 0.115 e. The number of aromatic hydroxyl groups is 1. The molecule has 3 rings (SSSR count). The van der Waals surface area contributed by atoms with Gasteiger partial charge >= 0.3 is 0 Å². The van der Waals surface area contributed by atoms with Gasteiger partial charge in [0.1, 0.15) is 5.75 Å². The zero-order chi connectivity index (χ0) is 14.7. The van der Waals surface area contributed by atoms with Crippen LogP contribution in [-0.4, -0.2) is 11.7 Å². The van der Waals surface area contributed by atoms with Gasteiger partial charge in [0.05, 0.1) is 0 Å². The van der Waals surface area contributed by atoms with E-state index in [9.17, 15) is 5.11 Å². The van der Waals surface area contributed by atoms with E-state index in [-0.39, 0.29) is 0 Å². The van der Waals surface area contributed by atoms with E-state index < -0.39 is 0 Å². The molecule has 2 aromatic carbocycles. The third-order valence-electron chi connectivity index (χ3n) is 4.11. The van der Waals surface area contributed by atoms with Crippen molar-refractivity contribution in [3.05, 3.63) is 64.2 Å². The second-order valence-corrected chi connectivity index (χ2v) is 6.10. The first-order valence-corrected chi connectivity index (χ1v) is 7.90. The fraction of sp³-hybridized carbons (Fsp3) is 0.333. The zero-order valence-corrected chi connectivity index (χ0v) is 12.7. The van der Waals surface area contributed by atoms with Crippen LogP contribution >= 0.6 is 11.6 Å². The van der Waals surface area contributed by atoms with E-state index in [1.54, 1.807) is 12.1 Å². The third kappa shape index (κ3) is 3.58. The number of hydrogen-bond acceptors (Lipinski definition) is 2. The lowest BCUT2D eigenvalue weighted by Gasteiger charge is -2.24. The molecule has 1 aliphatic heterocycles. The van der Waals surface area contributed by atoms with Crippen LogP contribution in [-0.2, 0) is 6.42 Å². The fourth-order valence-electron chi connectivity index (χ4n) is 2.92. The monoisotopic (exact) mass is 301 g/mol. The third-order valence-corrected chi connectivity index (χ3v) is 4.48. The maximum absolute atomic E-state index is 9.36. The molecule has 1 aliphatic rings. The predicted molar refractivity (Wildman–Crippen MR) is 87.0 cm³/mol.